The first kappa shape index (κ1) is 20.9. The fourth-order valence-corrected chi connectivity index (χ4v) is 9.07. The fraction of sp³-hybridized carbons (Fsp3) is 0.963. The van der Waals surface area contributed by atoms with E-state index in [2.05, 4.69) is 34.6 Å². The van der Waals surface area contributed by atoms with Gasteiger partial charge in [0.05, 0.1) is 0 Å². The zero-order chi connectivity index (χ0) is 20.1. The van der Waals surface area contributed by atoms with E-state index in [9.17, 15) is 4.79 Å². The van der Waals surface area contributed by atoms with Crippen LogP contribution in [0.1, 0.15) is 112 Å². The minimum Gasteiger partial charge on any atom is -0.300 e. The van der Waals surface area contributed by atoms with Crippen LogP contribution in [0.15, 0.2) is 0 Å². The molecule has 0 saturated heterocycles. The van der Waals surface area contributed by atoms with Crippen LogP contribution in [-0.2, 0) is 4.79 Å². The summed E-state index contributed by atoms with van der Waals surface area (Å²) in [6.45, 7) is 12.6. The summed E-state index contributed by atoms with van der Waals surface area (Å²) in [7, 11) is 0. The number of carbonyl (C=O) groups excluding carboxylic acids is 1. The van der Waals surface area contributed by atoms with Crippen molar-refractivity contribution in [2.45, 2.75) is 112 Å². The third-order valence-electron chi connectivity index (χ3n) is 10.7. The summed E-state index contributed by atoms with van der Waals surface area (Å²) in [5.41, 5.74) is 1.07. The van der Waals surface area contributed by atoms with E-state index in [1.54, 1.807) is 0 Å². The van der Waals surface area contributed by atoms with E-state index < -0.39 is 0 Å². The van der Waals surface area contributed by atoms with Gasteiger partial charge in [0.1, 0.15) is 5.78 Å². The predicted molar refractivity (Wildman–Crippen MR) is 118 cm³/mol. The maximum Gasteiger partial charge on any atom is 0.133 e. The van der Waals surface area contributed by atoms with Crippen LogP contribution < -0.4 is 0 Å². The number of rotatable bonds is 5. The van der Waals surface area contributed by atoms with E-state index in [0.29, 0.717) is 22.5 Å². The van der Waals surface area contributed by atoms with Gasteiger partial charge in [0, 0.05) is 12.8 Å². The summed E-state index contributed by atoms with van der Waals surface area (Å²) in [5, 5.41) is 0. The second-order valence-corrected chi connectivity index (χ2v) is 12.4. The third kappa shape index (κ3) is 3.41. The van der Waals surface area contributed by atoms with E-state index >= 15 is 0 Å². The fourth-order valence-electron chi connectivity index (χ4n) is 9.07. The maximum absolute atomic E-state index is 12.1. The molecule has 0 bridgehead atoms. The molecule has 4 aliphatic rings. The lowest BCUT2D eigenvalue weighted by Gasteiger charge is -2.60. The zero-order valence-corrected chi connectivity index (χ0v) is 19.4. The van der Waals surface area contributed by atoms with Gasteiger partial charge in [0.25, 0.3) is 0 Å². The van der Waals surface area contributed by atoms with Gasteiger partial charge in [0.2, 0.25) is 0 Å². The molecule has 0 spiro atoms. The molecule has 160 valence electrons. The summed E-state index contributed by atoms with van der Waals surface area (Å²) < 4.78 is 0. The molecule has 0 aromatic heterocycles. The highest BCUT2D eigenvalue weighted by Gasteiger charge is 2.60. The van der Waals surface area contributed by atoms with Gasteiger partial charge in [0.15, 0.2) is 0 Å². The van der Waals surface area contributed by atoms with Crippen molar-refractivity contribution in [3.05, 3.63) is 0 Å². The average molecular weight is 387 g/mol. The molecule has 1 heteroatoms. The predicted octanol–water partition coefficient (Wildman–Crippen LogP) is 7.68. The van der Waals surface area contributed by atoms with Gasteiger partial charge >= 0.3 is 0 Å². The van der Waals surface area contributed by atoms with Gasteiger partial charge in [-0.2, -0.15) is 0 Å². The molecular formula is C27H46O. The first-order valence-corrected chi connectivity index (χ1v) is 12.8. The molecule has 4 rings (SSSR count). The van der Waals surface area contributed by atoms with Crippen LogP contribution in [-0.4, -0.2) is 5.78 Å². The van der Waals surface area contributed by atoms with E-state index in [-0.39, 0.29) is 0 Å². The third-order valence-corrected chi connectivity index (χ3v) is 10.7. The molecule has 4 saturated carbocycles. The second-order valence-electron chi connectivity index (χ2n) is 12.4. The molecule has 0 radical (unpaired) electrons. The average Bonchev–Trinajstić information content (AvgIpc) is 2.99. The molecule has 0 aromatic rings. The normalized spacial score (nSPS) is 46.8. The van der Waals surface area contributed by atoms with Crippen molar-refractivity contribution < 1.29 is 4.79 Å². The molecule has 1 nitrogen and oxygen atoms in total. The number of carbonyl (C=O) groups is 1. The van der Waals surface area contributed by atoms with Gasteiger partial charge in [-0.25, -0.2) is 0 Å². The van der Waals surface area contributed by atoms with Gasteiger partial charge in [-0.1, -0.05) is 53.9 Å². The minimum atomic E-state index is 0.471. The number of ketones is 1. The number of hydrogen-bond donors (Lipinski definition) is 0. The Bertz CT molecular complexity index is 579. The van der Waals surface area contributed by atoms with Crippen molar-refractivity contribution in [3.8, 4) is 0 Å². The summed E-state index contributed by atoms with van der Waals surface area (Å²) in [6, 6.07) is 0. The molecule has 0 N–H and O–H groups in total. The summed E-state index contributed by atoms with van der Waals surface area (Å²) >= 11 is 0. The van der Waals surface area contributed by atoms with Crippen LogP contribution in [0, 0.1) is 52.3 Å². The highest BCUT2D eigenvalue weighted by atomic mass is 16.1. The topological polar surface area (TPSA) is 17.1 Å². The zero-order valence-electron chi connectivity index (χ0n) is 19.4. The van der Waals surface area contributed by atoms with Crippen molar-refractivity contribution in [1.82, 2.24) is 0 Å². The Kier molecular flexibility index (Phi) is 5.78. The lowest BCUT2D eigenvalue weighted by molar-refractivity contribution is -0.140. The van der Waals surface area contributed by atoms with Crippen LogP contribution in [0.4, 0.5) is 0 Å². The van der Waals surface area contributed by atoms with Crippen LogP contribution in [0.2, 0.25) is 0 Å². The molecule has 28 heavy (non-hydrogen) atoms. The SMILES string of the molecule is CC(C)CCC[C@H](C)[C@H]1CC[C@H]2[C@H]3CC[C@H]4CC(=O)CC[C@]4(C)[C@H]3CC[C@]12C. The molecular weight excluding hydrogens is 340 g/mol. The Labute approximate surface area is 174 Å². The minimum absolute atomic E-state index is 0.471. The number of Topliss-reactive ketones (excluding diaryl/α,β-unsaturated/α-hetero) is 1. The standard InChI is InChI=1S/C27H46O/c1-18(2)7-6-8-19(3)23-11-12-24-22-10-9-20-17-21(28)13-15-26(20,4)25(22)14-16-27(23,24)5/h18-20,22-25H,6-17H2,1-5H3/t19-,20-,22+,23+,24-,25-,26-,27+/m0/s1. The summed E-state index contributed by atoms with van der Waals surface area (Å²) in [5.74, 6) is 6.82. The molecule has 0 heterocycles. The first-order chi connectivity index (χ1) is 13.3. The molecule has 0 amide bonds. The van der Waals surface area contributed by atoms with Gasteiger partial charge < -0.3 is 0 Å². The van der Waals surface area contributed by atoms with Crippen molar-refractivity contribution in [2.75, 3.05) is 0 Å². The van der Waals surface area contributed by atoms with Crippen LogP contribution in [0.5, 0.6) is 0 Å². The number of hydrogen-bond acceptors (Lipinski definition) is 1. The molecule has 0 aromatic carbocycles. The summed E-state index contributed by atoms with van der Waals surface area (Å²) in [6.07, 6.45) is 15.9. The second kappa shape index (κ2) is 7.73. The van der Waals surface area contributed by atoms with E-state index in [1.165, 1.54) is 64.2 Å². The van der Waals surface area contributed by atoms with Crippen LogP contribution in [0.25, 0.3) is 0 Å². The highest BCUT2D eigenvalue weighted by Crippen LogP contribution is 2.68. The molecule has 0 aliphatic heterocycles. The molecule has 4 fully saturated rings. The van der Waals surface area contributed by atoms with Crippen molar-refractivity contribution in [3.63, 3.8) is 0 Å². The summed E-state index contributed by atoms with van der Waals surface area (Å²) in [4.78, 5) is 12.1. The van der Waals surface area contributed by atoms with E-state index in [4.69, 9.17) is 0 Å². The molecule has 8 atom stereocenters. The quantitative estimate of drug-likeness (QED) is 0.473. The van der Waals surface area contributed by atoms with Crippen molar-refractivity contribution >= 4 is 5.78 Å². The monoisotopic (exact) mass is 386 g/mol. The first-order valence-electron chi connectivity index (χ1n) is 12.8. The van der Waals surface area contributed by atoms with Crippen molar-refractivity contribution in [1.29, 1.82) is 0 Å². The molecule has 0 unspecified atom stereocenters. The van der Waals surface area contributed by atoms with Crippen LogP contribution in [0.3, 0.4) is 0 Å². The maximum atomic E-state index is 12.1. The van der Waals surface area contributed by atoms with Gasteiger partial charge in [-0.15, -0.1) is 0 Å². The van der Waals surface area contributed by atoms with Gasteiger partial charge in [-0.05, 0) is 97.2 Å². The highest BCUT2D eigenvalue weighted by molar-refractivity contribution is 5.79. The molecule has 4 aliphatic carbocycles. The lowest BCUT2D eigenvalue weighted by atomic mass is 9.44. The number of fused-ring (bicyclic) bond motifs is 5. The van der Waals surface area contributed by atoms with Gasteiger partial charge in [-0.3, -0.25) is 4.79 Å². The Morgan fingerprint density at radius 3 is 2.39 bits per heavy atom. The Morgan fingerprint density at radius 2 is 1.64 bits per heavy atom. The van der Waals surface area contributed by atoms with Crippen molar-refractivity contribution in [2.24, 2.45) is 52.3 Å². The Hall–Kier alpha value is -0.330. The van der Waals surface area contributed by atoms with E-state index in [0.717, 1.165) is 48.3 Å². The Balaban J connectivity index is 1.47. The van der Waals surface area contributed by atoms with Crippen LogP contribution >= 0.6 is 0 Å². The Morgan fingerprint density at radius 1 is 0.893 bits per heavy atom. The van der Waals surface area contributed by atoms with E-state index in [1.807, 2.05) is 0 Å². The lowest BCUT2D eigenvalue weighted by Crippen LogP contribution is -2.53. The largest absolute Gasteiger partial charge is 0.300 e. The smallest absolute Gasteiger partial charge is 0.133 e.